The van der Waals surface area contributed by atoms with Gasteiger partial charge in [-0.2, -0.15) is 9.46 Å². The van der Waals surface area contributed by atoms with Gasteiger partial charge in [0.2, 0.25) is 0 Å². The molecule has 2 heterocycles. The van der Waals surface area contributed by atoms with Crippen LogP contribution in [0.4, 0.5) is 0 Å². The van der Waals surface area contributed by atoms with Crippen LogP contribution in [0, 0.1) is 0 Å². The number of carbonyl (C=O) groups is 2. The highest BCUT2D eigenvalue weighted by atomic mass is 16.7. The Labute approximate surface area is 124 Å². The minimum atomic E-state index is -0.698. The minimum absolute atomic E-state index is 0.0846. The molecular weight excluding hydrogens is 288 g/mol. The standard InChI is InChI=1S/C14H10N4O4/c19-13(21-17-7-5-15-9-17)11-3-1-2-4-12(11)14(20)22-18-8-6-16-10-18/h1-10H. The maximum absolute atomic E-state index is 12.1. The Balaban J connectivity index is 1.83. The zero-order valence-corrected chi connectivity index (χ0v) is 11.2. The van der Waals surface area contributed by atoms with Crippen LogP contribution in [0.1, 0.15) is 20.7 Å². The Bertz CT molecular complexity index is 714. The highest BCUT2D eigenvalue weighted by Crippen LogP contribution is 2.10. The number of carbonyl (C=O) groups excluding carboxylic acids is 2. The van der Waals surface area contributed by atoms with Crippen molar-refractivity contribution in [3.63, 3.8) is 0 Å². The Morgan fingerprint density at radius 2 is 1.27 bits per heavy atom. The van der Waals surface area contributed by atoms with Crippen molar-refractivity contribution in [1.29, 1.82) is 0 Å². The van der Waals surface area contributed by atoms with E-state index in [0.29, 0.717) is 0 Å². The summed E-state index contributed by atoms with van der Waals surface area (Å²) in [7, 11) is 0. The highest BCUT2D eigenvalue weighted by Gasteiger charge is 2.20. The molecule has 0 N–H and O–H groups in total. The van der Waals surface area contributed by atoms with Gasteiger partial charge >= 0.3 is 11.9 Å². The second-order valence-electron chi connectivity index (χ2n) is 4.15. The van der Waals surface area contributed by atoms with Crippen LogP contribution in [0.15, 0.2) is 61.7 Å². The van der Waals surface area contributed by atoms with Gasteiger partial charge in [-0.1, -0.05) is 12.1 Å². The molecule has 0 amide bonds. The Hall–Kier alpha value is -3.42. The third-order valence-electron chi connectivity index (χ3n) is 2.70. The Morgan fingerprint density at radius 1 is 0.818 bits per heavy atom. The van der Waals surface area contributed by atoms with Gasteiger partial charge in [0.05, 0.1) is 23.5 Å². The second-order valence-corrected chi connectivity index (χ2v) is 4.15. The zero-order valence-electron chi connectivity index (χ0n) is 11.2. The smallest absolute Gasteiger partial charge is 0.330 e. The monoisotopic (exact) mass is 298 g/mol. The van der Waals surface area contributed by atoms with E-state index in [4.69, 9.17) is 9.68 Å². The molecule has 3 aromatic rings. The zero-order chi connectivity index (χ0) is 15.4. The largest absolute Gasteiger partial charge is 0.364 e. The van der Waals surface area contributed by atoms with Crippen LogP contribution in [0.25, 0.3) is 0 Å². The molecule has 8 nitrogen and oxygen atoms in total. The van der Waals surface area contributed by atoms with Gasteiger partial charge in [-0.15, -0.1) is 0 Å². The third kappa shape index (κ3) is 2.85. The van der Waals surface area contributed by atoms with Crippen LogP contribution in [0.2, 0.25) is 0 Å². The molecule has 0 aliphatic heterocycles. The molecule has 0 aliphatic carbocycles. The van der Waals surface area contributed by atoms with Gasteiger partial charge in [-0.25, -0.2) is 19.6 Å². The van der Waals surface area contributed by atoms with E-state index in [0.717, 1.165) is 9.46 Å². The molecule has 2 aromatic heterocycles. The maximum atomic E-state index is 12.1. The molecule has 0 unspecified atom stereocenters. The molecule has 8 heteroatoms. The van der Waals surface area contributed by atoms with E-state index >= 15 is 0 Å². The van der Waals surface area contributed by atoms with Gasteiger partial charge < -0.3 is 9.68 Å². The second kappa shape index (κ2) is 5.92. The summed E-state index contributed by atoms with van der Waals surface area (Å²) >= 11 is 0. The predicted octanol–water partition coefficient (Wildman–Crippen LogP) is 0.618. The lowest BCUT2D eigenvalue weighted by Crippen LogP contribution is -2.24. The first-order valence-electron chi connectivity index (χ1n) is 6.24. The molecule has 0 bridgehead atoms. The summed E-state index contributed by atoms with van der Waals surface area (Å²) in [6.07, 6.45) is 8.50. The van der Waals surface area contributed by atoms with Crippen LogP contribution in [-0.2, 0) is 0 Å². The SMILES string of the molecule is O=C(On1ccnc1)c1ccccc1C(=O)On1ccnc1. The summed E-state index contributed by atoms with van der Waals surface area (Å²) in [4.78, 5) is 41.9. The van der Waals surface area contributed by atoms with Crippen molar-refractivity contribution in [2.75, 3.05) is 0 Å². The van der Waals surface area contributed by atoms with E-state index in [1.165, 1.54) is 49.6 Å². The van der Waals surface area contributed by atoms with E-state index in [-0.39, 0.29) is 11.1 Å². The summed E-state index contributed by atoms with van der Waals surface area (Å²) in [5.41, 5.74) is 0.169. The summed E-state index contributed by atoms with van der Waals surface area (Å²) in [6, 6.07) is 6.20. The van der Waals surface area contributed by atoms with Crippen molar-refractivity contribution in [1.82, 2.24) is 19.4 Å². The van der Waals surface area contributed by atoms with E-state index in [2.05, 4.69) is 9.97 Å². The van der Waals surface area contributed by atoms with Crippen molar-refractivity contribution in [3.8, 4) is 0 Å². The molecule has 1 aromatic carbocycles. The number of aromatic nitrogens is 4. The van der Waals surface area contributed by atoms with E-state index in [1.54, 1.807) is 12.1 Å². The number of rotatable bonds is 4. The first-order valence-corrected chi connectivity index (χ1v) is 6.24. The lowest BCUT2D eigenvalue weighted by atomic mass is 10.1. The summed E-state index contributed by atoms with van der Waals surface area (Å²) in [6.45, 7) is 0. The number of benzene rings is 1. The van der Waals surface area contributed by atoms with Crippen LogP contribution >= 0.6 is 0 Å². The molecule has 0 saturated heterocycles. The molecular formula is C14H10N4O4. The van der Waals surface area contributed by atoms with E-state index in [1.807, 2.05) is 0 Å². The predicted molar refractivity (Wildman–Crippen MR) is 72.7 cm³/mol. The van der Waals surface area contributed by atoms with Crippen LogP contribution < -0.4 is 9.68 Å². The van der Waals surface area contributed by atoms with Gasteiger partial charge in [0.25, 0.3) is 0 Å². The first kappa shape index (κ1) is 13.6. The number of imidazole rings is 2. The molecule has 0 aliphatic rings. The van der Waals surface area contributed by atoms with Gasteiger partial charge in [0.15, 0.2) is 0 Å². The van der Waals surface area contributed by atoms with Gasteiger partial charge in [-0.3, -0.25) is 0 Å². The molecule has 0 atom stereocenters. The molecule has 0 fully saturated rings. The number of nitrogens with zero attached hydrogens (tertiary/aromatic N) is 4. The van der Waals surface area contributed by atoms with Gasteiger partial charge in [0, 0.05) is 12.4 Å². The minimum Gasteiger partial charge on any atom is -0.330 e. The van der Waals surface area contributed by atoms with Crippen LogP contribution in [0.3, 0.4) is 0 Å². The molecule has 3 rings (SSSR count). The number of hydrogen-bond acceptors (Lipinski definition) is 6. The summed E-state index contributed by atoms with van der Waals surface area (Å²) < 4.78 is 2.28. The highest BCUT2D eigenvalue weighted by molar-refractivity contribution is 6.03. The van der Waals surface area contributed by atoms with Crippen molar-refractivity contribution >= 4 is 11.9 Å². The quantitative estimate of drug-likeness (QED) is 0.701. The molecule has 110 valence electrons. The lowest BCUT2D eigenvalue weighted by molar-refractivity contribution is 0.0413. The van der Waals surface area contributed by atoms with Crippen molar-refractivity contribution in [2.45, 2.75) is 0 Å². The average molecular weight is 298 g/mol. The average Bonchev–Trinajstić information content (AvgIpc) is 3.21. The van der Waals surface area contributed by atoms with Crippen molar-refractivity contribution in [2.24, 2.45) is 0 Å². The van der Waals surface area contributed by atoms with Crippen molar-refractivity contribution in [3.05, 3.63) is 72.8 Å². The van der Waals surface area contributed by atoms with E-state index < -0.39 is 11.9 Å². The fourth-order valence-electron chi connectivity index (χ4n) is 1.73. The first-order chi connectivity index (χ1) is 10.7. The van der Waals surface area contributed by atoms with Crippen LogP contribution in [-0.4, -0.2) is 31.4 Å². The molecule has 0 spiro atoms. The lowest BCUT2D eigenvalue weighted by Gasteiger charge is -2.08. The van der Waals surface area contributed by atoms with Gasteiger partial charge in [0.1, 0.15) is 12.7 Å². The van der Waals surface area contributed by atoms with E-state index in [9.17, 15) is 9.59 Å². The Kier molecular flexibility index (Phi) is 3.65. The molecule has 0 radical (unpaired) electrons. The van der Waals surface area contributed by atoms with Crippen molar-refractivity contribution < 1.29 is 19.3 Å². The Morgan fingerprint density at radius 3 is 1.64 bits per heavy atom. The summed E-state index contributed by atoms with van der Waals surface area (Å²) in [5, 5.41) is 0. The summed E-state index contributed by atoms with van der Waals surface area (Å²) in [5.74, 6) is -1.40. The number of hydrogen-bond donors (Lipinski definition) is 0. The fraction of sp³-hybridized carbons (Fsp3) is 0. The topological polar surface area (TPSA) is 88.2 Å². The van der Waals surface area contributed by atoms with Crippen LogP contribution in [0.5, 0.6) is 0 Å². The third-order valence-corrected chi connectivity index (χ3v) is 2.70. The molecule has 22 heavy (non-hydrogen) atoms. The molecule has 0 saturated carbocycles. The van der Waals surface area contributed by atoms with Gasteiger partial charge in [-0.05, 0) is 12.1 Å². The normalized spacial score (nSPS) is 10.2. The fourth-order valence-corrected chi connectivity index (χ4v) is 1.73. The maximum Gasteiger partial charge on any atom is 0.364 e.